The predicted octanol–water partition coefficient (Wildman–Crippen LogP) is 3.56. The molecule has 0 aliphatic heterocycles. The van der Waals surface area contributed by atoms with E-state index < -0.39 is 0 Å². The van der Waals surface area contributed by atoms with Crippen LogP contribution in [-0.4, -0.2) is 23.1 Å². The van der Waals surface area contributed by atoms with Gasteiger partial charge in [-0.3, -0.25) is 0 Å². The highest BCUT2D eigenvalue weighted by Crippen LogP contribution is 2.27. The summed E-state index contributed by atoms with van der Waals surface area (Å²) in [5.74, 6) is 1.96. The topological polar surface area (TPSA) is 41.1 Å². The first-order valence-corrected chi connectivity index (χ1v) is 7.86. The minimum atomic E-state index is 0.391. The smallest absolute Gasteiger partial charge is 0.137 e. The van der Waals surface area contributed by atoms with Gasteiger partial charge in [0.1, 0.15) is 18.0 Å². The van der Waals surface area contributed by atoms with Gasteiger partial charge in [-0.15, -0.1) is 11.3 Å². The molecule has 2 aromatic heterocycles. The van der Waals surface area contributed by atoms with Crippen molar-refractivity contribution in [3.05, 3.63) is 34.3 Å². The van der Waals surface area contributed by atoms with Crippen molar-refractivity contribution in [2.24, 2.45) is 0 Å². The highest BCUT2D eigenvalue weighted by Gasteiger charge is 2.18. The normalized spacial score (nSPS) is 10.8. The van der Waals surface area contributed by atoms with Crippen molar-refractivity contribution in [3.63, 3.8) is 0 Å². The van der Waals surface area contributed by atoms with Crippen molar-refractivity contribution >= 4 is 23.0 Å². The van der Waals surface area contributed by atoms with Crippen LogP contribution < -0.4 is 10.2 Å². The molecule has 2 rings (SSSR count). The summed E-state index contributed by atoms with van der Waals surface area (Å²) < 4.78 is 0. The van der Waals surface area contributed by atoms with Crippen LogP contribution in [0.4, 0.5) is 11.6 Å². The van der Waals surface area contributed by atoms with Crippen molar-refractivity contribution in [2.75, 3.05) is 17.3 Å². The monoisotopic (exact) mass is 290 g/mol. The van der Waals surface area contributed by atoms with Gasteiger partial charge in [0.25, 0.3) is 0 Å². The molecule has 0 radical (unpaired) electrons. The maximum Gasteiger partial charge on any atom is 0.137 e. The summed E-state index contributed by atoms with van der Waals surface area (Å²) in [4.78, 5) is 12.6. The lowest BCUT2D eigenvalue weighted by atomic mass is 10.1. The molecule has 0 spiro atoms. The Kier molecular flexibility index (Phi) is 4.95. The summed E-state index contributed by atoms with van der Waals surface area (Å²) >= 11 is 1.79. The van der Waals surface area contributed by atoms with Crippen molar-refractivity contribution in [1.29, 1.82) is 0 Å². The fourth-order valence-electron chi connectivity index (χ4n) is 2.26. The van der Waals surface area contributed by atoms with Gasteiger partial charge in [-0.2, -0.15) is 0 Å². The molecule has 0 atom stereocenters. The van der Waals surface area contributed by atoms with Gasteiger partial charge in [0.2, 0.25) is 0 Å². The van der Waals surface area contributed by atoms with E-state index in [2.05, 4.69) is 58.5 Å². The Bertz CT molecular complexity index is 537. The average molecular weight is 290 g/mol. The zero-order valence-corrected chi connectivity index (χ0v) is 13.4. The van der Waals surface area contributed by atoms with E-state index in [1.54, 1.807) is 17.7 Å². The van der Waals surface area contributed by atoms with E-state index in [1.807, 2.05) is 7.05 Å². The van der Waals surface area contributed by atoms with Crippen LogP contribution >= 0.6 is 11.3 Å². The molecule has 0 aromatic carbocycles. The van der Waals surface area contributed by atoms with Crippen molar-refractivity contribution in [1.82, 2.24) is 9.97 Å². The Morgan fingerprint density at radius 2 is 2.15 bits per heavy atom. The number of anilines is 2. The Labute approximate surface area is 124 Å². The average Bonchev–Trinajstić information content (AvgIpc) is 2.96. The van der Waals surface area contributed by atoms with Crippen molar-refractivity contribution in [2.45, 2.75) is 39.8 Å². The second kappa shape index (κ2) is 6.70. The van der Waals surface area contributed by atoms with Gasteiger partial charge in [-0.25, -0.2) is 9.97 Å². The molecule has 2 aromatic rings. The molecule has 0 amide bonds. The summed E-state index contributed by atoms with van der Waals surface area (Å²) in [6.45, 7) is 7.44. The van der Waals surface area contributed by atoms with Crippen LogP contribution in [0.3, 0.4) is 0 Å². The first-order valence-electron chi connectivity index (χ1n) is 6.98. The zero-order chi connectivity index (χ0) is 14.5. The van der Waals surface area contributed by atoms with E-state index in [4.69, 9.17) is 0 Å². The maximum absolute atomic E-state index is 4.54. The molecule has 0 saturated carbocycles. The number of aromatic nitrogens is 2. The lowest BCUT2D eigenvalue weighted by molar-refractivity contribution is 0.671. The number of hydrogen-bond acceptors (Lipinski definition) is 5. The molecule has 2 heterocycles. The van der Waals surface area contributed by atoms with Crippen LogP contribution in [0.25, 0.3) is 0 Å². The SMILES string of the molecule is CCc1c(NC)ncnc1N(Cc1cccs1)C(C)C. The molecule has 20 heavy (non-hydrogen) atoms. The van der Waals surface area contributed by atoms with E-state index in [9.17, 15) is 0 Å². The minimum absolute atomic E-state index is 0.391. The van der Waals surface area contributed by atoms with Gasteiger partial charge in [0.05, 0.1) is 6.54 Å². The Morgan fingerprint density at radius 3 is 2.70 bits per heavy atom. The summed E-state index contributed by atoms with van der Waals surface area (Å²) in [6.07, 6.45) is 2.56. The van der Waals surface area contributed by atoms with Gasteiger partial charge in [-0.1, -0.05) is 13.0 Å². The first kappa shape index (κ1) is 14.8. The van der Waals surface area contributed by atoms with Crippen LogP contribution in [0.15, 0.2) is 23.8 Å². The second-order valence-corrected chi connectivity index (χ2v) is 5.96. The third-order valence-electron chi connectivity index (χ3n) is 3.31. The quantitative estimate of drug-likeness (QED) is 0.883. The summed E-state index contributed by atoms with van der Waals surface area (Å²) in [7, 11) is 1.91. The molecule has 0 unspecified atom stereocenters. The fraction of sp³-hybridized carbons (Fsp3) is 0.467. The maximum atomic E-state index is 4.54. The molecular formula is C15H22N4S. The first-order chi connectivity index (χ1) is 9.67. The van der Waals surface area contributed by atoms with Crippen molar-refractivity contribution in [3.8, 4) is 0 Å². The lowest BCUT2D eigenvalue weighted by Crippen LogP contribution is -2.31. The number of thiophene rings is 1. The van der Waals surface area contributed by atoms with E-state index in [0.29, 0.717) is 6.04 Å². The molecule has 1 N–H and O–H groups in total. The molecule has 5 heteroatoms. The second-order valence-electron chi connectivity index (χ2n) is 4.93. The van der Waals surface area contributed by atoms with Crippen LogP contribution in [0.1, 0.15) is 31.2 Å². The highest BCUT2D eigenvalue weighted by atomic mass is 32.1. The molecule has 108 valence electrons. The van der Waals surface area contributed by atoms with Crippen LogP contribution in [0.5, 0.6) is 0 Å². The van der Waals surface area contributed by atoms with Gasteiger partial charge < -0.3 is 10.2 Å². The fourth-order valence-corrected chi connectivity index (χ4v) is 2.97. The molecule has 0 aliphatic carbocycles. The zero-order valence-electron chi connectivity index (χ0n) is 12.6. The van der Waals surface area contributed by atoms with Gasteiger partial charge in [0, 0.05) is 23.5 Å². The third-order valence-corrected chi connectivity index (χ3v) is 4.18. The molecule has 4 nitrogen and oxygen atoms in total. The minimum Gasteiger partial charge on any atom is -0.373 e. The van der Waals surface area contributed by atoms with Gasteiger partial charge >= 0.3 is 0 Å². The van der Waals surface area contributed by atoms with Crippen LogP contribution in [0.2, 0.25) is 0 Å². The van der Waals surface area contributed by atoms with Crippen LogP contribution in [0, 0.1) is 0 Å². The number of hydrogen-bond donors (Lipinski definition) is 1. The van der Waals surface area contributed by atoms with E-state index in [0.717, 1.165) is 24.6 Å². The Hall–Kier alpha value is -1.62. The van der Waals surface area contributed by atoms with Gasteiger partial charge in [-0.05, 0) is 31.7 Å². The molecule has 0 aliphatic rings. The lowest BCUT2D eigenvalue weighted by Gasteiger charge is -2.29. The Balaban J connectivity index is 2.38. The summed E-state index contributed by atoms with van der Waals surface area (Å²) in [5.41, 5.74) is 1.18. The predicted molar refractivity (Wildman–Crippen MR) is 86.6 cm³/mol. The number of rotatable bonds is 6. The third kappa shape index (κ3) is 3.10. The molecule has 0 fully saturated rings. The molecular weight excluding hydrogens is 268 g/mol. The highest BCUT2D eigenvalue weighted by molar-refractivity contribution is 7.09. The molecule has 0 saturated heterocycles. The van der Waals surface area contributed by atoms with E-state index in [-0.39, 0.29) is 0 Å². The summed E-state index contributed by atoms with van der Waals surface area (Å²) in [5, 5.41) is 5.28. The number of nitrogens with zero attached hydrogens (tertiary/aromatic N) is 3. The number of nitrogens with one attached hydrogen (secondary N) is 1. The van der Waals surface area contributed by atoms with Crippen LogP contribution in [-0.2, 0) is 13.0 Å². The van der Waals surface area contributed by atoms with Gasteiger partial charge in [0.15, 0.2) is 0 Å². The Morgan fingerprint density at radius 1 is 1.35 bits per heavy atom. The van der Waals surface area contributed by atoms with E-state index >= 15 is 0 Å². The van der Waals surface area contributed by atoms with E-state index in [1.165, 1.54) is 10.4 Å². The van der Waals surface area contributed by atoms with Crippen molar-refractivity contribution < 1.29 is 0 Å². The standard InChI is InChI=1S/C15H22N4S/c1-5-13-14(16-4)17-10-18-15(13)19(11(2)3)9-12-7-6-8-20-12/h6-8,10-11H,5,9H2,1-4H3,(H,16,17,18). The molecule has 0 bridgehead atoms. The summed E-state index contributed by atoms with van der Waals surface area (Å²) in [6, 6.07) is 4.66. The largest absolute Gasteiger partial charge is 0.373 e.